The van der Waals surface area contributed by atoms with Crippen LogP contribution in [-0.2, 0) is 25.0 Å². The molecule has 1 aliphatic heterocycles. The number of aromatic nitrogens is 2. The van der Waals surface area contributed by atoms with Gasteiger partial charge in [0.15, 0.2) is 0 Å². The number of aromatic amines is 1. The number of hydrogen-bond acceptors (Lipinski definition) is 5. The van der Waals surface area contributed by atoms with Crippen LogP contribution in [0.5, 0.6) is 0 Å². The van der Waals surface area contributed by atoms with Crippen molar-refractivity contribution < 1.29 is 0 Å². The Morgan fingerprint density at radius 2 is 2.17 bits per heavy atom. The molecule has 3 heterocycles. The van der Waals surface area contributed by atoms with Crippen molar-refractivity contribution in [3.8, 4) is 0 Å². The normalized spacial score (nSPS) is 15.6. The third-order valence-corrected chi connectivity index (χ3v) is 6.75. The Morgan fingerprint density at radius 3 is 3.08 bits per heavy atom. The van der Waals surface area contributed by atoms with Crippen molar-refractivity contribution in [2.45, 2.75) is 31.4 Å². The molecule has 0 saturated heterocycles. The summed E-state index contributed by atoms with van der Waals surface area (Å²) in [7, 11) is 0. The van der Waals surface area contributed by atoms with Gasteiger partial charge < -0.3 is 4.98 Å². The minimum atomic E-state index is 0.0200. The number of hydrogen-bond donors (Lipinski definition) is 1. The smallest absolute Gasteiger partial charge is 0.259 e. The minimum Gasteiger partial charge on any atom is -0.309 e. The van der Waals surface area contributed by atoms with E-state index in [0.717, 1.165) is 52.5 Å². The third-order valence-electron chi connectivity index (χ3n) is 4.58. The van der Waals surface area contributed by atoms with Crippen molar-refractivity contribution in [1.29, 1.82) is 0 Å². The Bertz CT molecular complexity index is 1050. The molecule has 0 unspecified atom stereocenters. The summed E-state index contributed by atoms with van der Waals surface area (Å²) in [5.41, 5.74) is 3.59. The summed E-state index contributed by atoms with van der Waals surface area (Å²) in [4.78, 5) is 27.0. The fraction of sp³-hybridized carbons (Fsp3) is 0.278. The number of nitrogens with one attached hydrogen (secondary N) is 1. The molecule has 24 heavy (non-hydrogen) atoms. The number of nitrogens with zero attached hydrogens (tertiary/aromatic N) is 2. The summed E-state index contributed by atoms with van der Waals surface area (Å²) in [6.45, 7) is 0. The van der Waals surface area contributed by atoms with E-state index in [1.165, 1.54) is 16.0 Å². The van der Waals surface area contributed by atoms with Gasteiger partial charge in [-0.25, -0.2) is 9.98 Å². The van der Waals surface area contributed by atoms with Gasteiger partial charge in [-0.1, -0.05) is 18.2 Å². The lowest BCUT2D eigenvalue weighted by Gasteiger charge is -2.02. The Kier molecular flexibility index (Phi) is 3.35. The summed E-state index contributed by atoms with van der Waals surface area (Å²) in [6, 6.07) is 8.22. The molecule has 0 amide bonds. The lowest BCUT2D eigenvalue weighted by atomic mass is 10.2. The summed E-state index contributed by atoms with van der Waals surface area (Å²) < 4.78 is 0. The molecule has 0 atom stereocenters. The minimum absolute atomic E-state index is 0.0200. The predicted octanol–water partition coefficient (Wildman–Crippen LogP) is 3.99. The molecule has 5 rings (SSSR count). The lowest BCUT2D eigenvalue weighted by molar-refractivity contribution is 0.916. The SMILES string of the molecule is O=c1[nH]c(CSC2=Nc3ccccc3C2)nc2sc3c(c12)CCC3. The largest absolute Gasteiger partial charge is 0.309 e. The van der Waals surface area contributed by atoms with Crippen LogP contribution in [0.3, 0.4) is 0 Å². The predicted molar refractivity (Wildman–Crippen MR) is 101 cm³/mol. The molecule has 0 bridgehead atoms. The number of para-hydroxylation sites is 1. The zero-order valence-electron chi connectivity index (χ0n) is 13.0. The second-order valence-electron chi connectivity index (χ2n) is 6.15. The molecule has 0 spiro atoms. The molecular formula is C18H15N3OS2. The van der Waals surface area contributed by atoms with Crippen LogP contribution in [0.1, 0.15) is 28.2 Å². The van der Waals surface area contributed by atoms with Crippen LogP contribution in [-0.4, -0.2) is 15.0 Å². The average Bonchev–Trinajstić information content (AvgIpc) is 3.25. The van der Waals surface area contributed by atoms with Gasteiger partial charge in [0.1, 0.15) is 10.7 Å². The summed E-state index contributed by atoms with van der Waals surface area (Å²) in [5, 5.41) is 1.92. The number of rotatable bonds is 2. The maximum atomic E-state index is 12.5. The van der Waals surface area contributed by atoms with Crippen LogP contribution in [0.15, 0.2) is 34.1 Å². The number of aryl methyl sites for hydroxylation is 2. The molecule has 0 fully saturated rings. The van der Waals surface area contributed by atoms with E-state index in [1.54, 1.807) is 23.1 Å². The second kappa shape index (κ2) is 5.57. The number of thioether (sulfide) groups is 1. The topological polar surface area (TPSA) is 58.1 Å². The van der Waals surface area contributed by atoms with Gasteiger partial charge in [-0.05, 0) is 36.5 Å². The van der Waals surface area contributed by atoms with Crippen LogP contribution in [0.4, 0.5) is 5.69 Å². The fourth-order valence-electron chi connectivity index (χ4n) is 3.46. The molecule has 6 heteroatoms. The Labute approximate surface area is 147 Å². The first kappa shape index (κ1) is 14.4. The van der Waals surface area contributed by atoms with Crippen molar-refractivity contribution in [2.75, 3.05) is 0 Å². The first-order valence-corrected chi connectivity index (χ1v) is 9.90. The van der Waals surface area contributed by atoms with Crippen molar-refractivity contribution >= 4 is 44.0 Å². The van der Waals surface area contributed by atoms with Gasteiger partial charge in [0.2, 0.25) is 0 Å². The van der Waals surface area contributed by atoms with E-state index in [4.69, 9.17) is 4.98 Å². The molecule has 1 aromatic carbocycles. The zero-order chi connectivity index (χ0) is 16.1. The van der Waals surface area contributed by atoms with Crippen LogP contribution in [0.2, 0.25) is 0 Å². The molecule has 3 aromatic rings. The van der Waals surface area contributed by atoms with E-state index in [0.29, 0.717) is 5.75 Å². The van der Waals surface area contributed by atoms with E-state index in [-0.39, 0.29) is 5.56 Å². The number of benzene rings is 1. The highest BCUT2D eigenvalue weighted by atomic mass is 32.2. The van der Waals surface area contributed by atoms with Gasteiger partial charge in [-0.15, -0.1) is 23.1 Å². The molecule has 1 aliphatic carbocycles. The van der Waals surface area contributed by atoms with Gasteiger partial charge in [0, 0.05) is 11.3 Å². The summed E-state index contributed by atoms with van der Waals surface area (Å²) in [6.07, 6.45) is 4.15. The summed E-state index contributed by atoms with van der Waals surface area (Å²) in [5.74, 6) is 1.40. The highest BCUT2D eigenvalue weighted by Gasteiger charge is 2.21. The van der Waals surface area contributed by atoms with Crippen LogP contribution in [0, 0.1) is 0 Å². The van der Waals surface area contributed by atoms with Gasteiger partial charge in [-0.2, -0.15) is 0 Å². The Balaban J connectivity index is 1.40. The van der Waals surface area contributed by atoms with E-state index in [9.17, 15) is 4.79 Å². The number of aliphatic imine (C=N–C) groups is 1. The molecule has 120 valence electrons. The van der Waals surface area contributed by atoms with Crippen LogP contribution in [0.25, 0.3) is 10.2 Å². The maximum Gasteiger partial charge on any atom is 0.259 e. The van der Waals surface area contributed by atoms with E-state index in [2.05, 4.69) is 16.0 Å². The zero-order valence-corrected chi connectivity index (χ0v) is 14.6. The molecule has 2 aliphatic rings. The molecule has 1 N–H and O–H groups in total. The fourth-order valence-corrected chi connectivity index (χ4v) is 5.60. The molecule has 0 saturated carbocycles. The number of H-pyrrole nitrogens is 1. The Morgan fingerprint density at radius 1 is 1.25 bits per heavy atom. The first-order valence-electron chi connectivity index (χ1n) is 8.09. The standard InChI is InChI=1S/C18H15N3OS2/c22-17-16-11-5-3-7-13(11)24-18(16)21-14(20-17)9-23-15-8-10-4-1-2-6-12(10)19-15/h1-2,4,6H,3,5,7-9H2,(H,20,21,22). The van der Waals surface area contributed by atoms with Crippen molar-refractivity contribution in [3.63, 3.8) is 0 Å². The highest BCUT2D eigenvalue weighted by molar-refractivity contribution is 8.13. The van der Waals surface area contributed by atoms with E-state index < -0.39 is 0 Å². The Hall–Kier alpha value is -1.92. The monoisotopic (exact) mass is 353 g/mol. The number of thiophene rings is 1. The lowest BCUT2D eigenvalue weighted by Crippen LogP contribution is -2.11. The van der Waals surface area contributed by atoms with Gasteiger partial charge in [-0.3, -0.25) is 4.79 Å². The number of fused-ring (bicyclic) bond motifs is 4. The van der Waals surface area contributed by atoms with Crippen LogP contribution < -0.4 is 5.56 Å². The maximum absolute atomic E-state index is 12.5. The molecule has 2 aromatic heterocycles. The molecular weight excluding hydrogens is 338 g/mol. The molecule has 4 nitrogen and oxygen atoms in total. The van der Waals surface area contributed by atoms with E-state index >= 15 is 0 Å². The van der Waals surface area contributed by atoms with Crippen molar-refractivity contribution in [1.82, 2.24) is 9.97 Å². The van der Waals surface area contributed by atoms with Gasteiger partial charge >= 0.3 is 0 Å². The molecule has 0 radical (unpaired) electrons. The van der Waals surface area contributed by atoms with Crippen molar-refractivity contribution in [2.24, 2.45) is 4.99 Å². The quantitative estimate of drug-likeness (QED) is 0.758. The average molecular weight is 353 g/mol. The summed E-state index contributed by atoms with van der Waals surface area (Å²) >= 11 is 3.36. The third kappa shape index (κ3) is 2.32. The van der Waals surface area contributed by atoms with Gasteiger partial charge in [0.25, 0.3) is 5.56 Å². The second-order valence-corrected chi connectivity index (χ2v) is 8.28. The van der Waals surface area contributed by atoms with Crippen LogP contribution >= 0.6 is 23.1 Å². The van der Waals surface area contributed by atoms with Crippen molar-refractivity contribution in [3.05, 3.63) is 56.4 Å². The first-order chi connectivity index (χ1) is 11.8. The van der Waals surface area contributed by atoms with E-state index in [1.807, 2.05) is 18.2 Å². The van der Waals surface area contributed by atoms with Gasteiger partial charge in [0.05, 0.1) is 21.9 Å². The highest BCUT2D eigenvalue weighted by Crippen LogP contribution is 2.35.